The largest absolute Gasteiger partial charge is 0.521 e. The summed E-state index contributed by atoms with van der Waals surface area (Å²) in [5.41, 5.74) is 0. The average Bonchev–Trinajstić information content (AvgIpc) is 2.61. The van der Waals surface area contributed by atoms with E-state index in [1.165, 1.54) is 18.8 Å². The van der Waals surface area contributed by atoms with E-state index in [9.17, 15) is 4.79 Å². The van der Waals surface area contributed by atoms with Gasteiger partial charge in [0.1, 0.15) is 0 Å². The quantitative estimate of drug-likeness (QED) is 0.831. The summed E-state index contributed by atoms with van der Waals surface area (Å²) in [6, 6.07) is -0.109. The summed E-state index contributed by atoms with van der Waals surface area (Å²) in [4.78, 5) is 15.0. The van der Waals surface area contributed by atoms with Crippen LogP contribution in [0, 0.1) is 0 Å². The number of carbonyl (C=O) groups is 1. The molecule has 0 saturated heterocycles. The Morgan fingerprint density at radius 2 is 2.24 bits per heavy atom. The molecule has 1 aromatic rings. The molecular weight excluding hydrogens is 248 g/mol. The highest BCUT2D eigenvalue weighted by Gasteiger charge is 2.35. The van der Waals surface area contributed by atoms with Gasteiger partial charge in [-0.1, -0.05) is 5.10 Å². The number of halogens is 1. The molecule has 0 bridgehead atoms. The Labute approximate surface area is 104 Å². The summed E-state index contributed by atoms with van der Waals surface area (Å²) < 4.78 is 5.95. The van der Waals surface area contributed by atoms with E-state index in [0.29, 0.717) is 6.61 Å². The Morgan fingerprint density at radius 1 is 1.65 bits per heavy atom. The van der Waals surface area contributed by atoms with Crippen LogP contribution in [0.3, 0.4) is 0 Å². The van der Waals surface area contributed by atoms with Crippen molar-refractivity contribution in [3.63, 3.8) is 0 Å². The Morgan fingerprint density at radius 3 is 2.71 bits per heavy atom. The van der Waals surface area contributed by atoms with Crippen LogP contribution >= 0.6 is 11.6 Å². The highest BCUT2D eigenvalue weighted by atomic mass is 35.5. The van der Waals surface area contributed by atoms with Crippen molar-refractivity contribution in [3.05, 3.63) is 5.28 Å². The second kappa shape index (κ2) is 4.99. The van der Waals surface area contributed by atoms with Gasteiger partial charge in [-0.25, -0.2) is 4.68 Å². The van der Waals surface area contributed by atoms with Gasteiger partial charge in [0.05, 0.1) is 26.7 Å². The van der Waals surface area contributed by atoms with Crippen molar-refractivity contribution >= 4 is 23.6 Å². The third-order valence-corrected chi connectivity index (χ3v) is 2.64. The molecule has 0 spiro atoms. The van der Waals surface area contributed by atoms with Crippen molar-refractivity contribution in [2.45, 2.75) is 13.0 Å². The topological polar surface area (TPSA) is 77.2 Å². The van der Waals surface area contributed by atoms with E-state index < -0.39 is 10.6 Å². The molecule has 0 fully saturated rings. The van der Waals surface area contributed by atoms with Gasteiger partial charge in [-0.05, 0) is 18.5 Å². The van der Waals surface area contributed by atoms with E-state index in [1.807, 2.05) is 6.92 Å². The van der Waals surface area contributed by atoms with Crippen molar-refractivity contribution in [1.29, 1.82) is 0 Å². The summed E-state index contributed by atoms with van der Waals surface area (Å²) in [7, 11) is 4.51. The molecule has 0 aromatic carbocycles. The zero-order valence-electron chi connectivity index (χ0n) is 10.2. The maximum atomic E-state index is 11.1. The highest BCUT2D eigenvalue weighted by molar-refractivity contribution is 6.28. The van der Waals surface area contributed by atoms with E-state index in [2.05, 4.69) is 10.1 Å². The number of aromatic nitrogens is 3. The third-order valence-electron chi connectivity index (χ3n) is 2.38. The van der Waals surface area contributed by atoms with Gasteiger partial charge in [0.15, 0.2) is 0 Å². The summed E-state index contributed by atoms with van der Waals surface area (Å²) in [5, 5.41) is 13.3. The zero-order chi connectivity index (χ0) is 13.2. The molecule has 0 aliphatic heterocycles. The lowest BCUT2D eigenvalue weighted by Crippen LogP contribution is -2.46. The molecule has 8 heteroatoms. The molecule has 1 N–H and O–H groups in total. The van der Waals surface area contributed by atoms with Crippen LogP contribution in [0.5, 0.6) is 0 Å². The Hall–Kier alpha value is -1.18. The van der Waals surface area contributed by atoms with Crippen LogP contribution < -0.4 is 4.48 Å². The fraction of sp³-hybridized carbons (Fsp3) is 0.667. The van der Waals surface area contributed by atoms with Gasteiger partial charge in [-0.3, -0.25) is 0 Å². The number of hydrogen-bond acceptors (Lipinski definition) is 4. The molecule has 1 heterocycles. The maximum absolute atomic E-state index is 11.1. The number of methoxy groups -OCH3 is 1. The number of amides is 1. The van der Waals surface area contributed by atoms with Crippen LogP contribution in [-0.2, 0) is 4.74 Å². The molecule has 0 aliphatic carbocycles. The Balaban J connectivity index is 3.07. The first-order chi connectivity index (χ1) is 7.80. The van der Waals surface area contributed by atoms with Crippen LogP contribution in [0.2, 0.25) is 5.28 Å². The van der Waals surface area contributed by atoms with Crippen molar-refractivity contribution in [2.24, 2.45) is 0 Å². The fourth-order valence-electron chi connectivity index (χ4n) is 1.21. The van der Waals surface area contributed by atoms with E-state index >= 15 is 0 Å². The lowest BCUT2D eigenvalue weighted by atomic mass is 10.4. The van der Waals surface area contributed by atoms with E-state index in [4.69, 9.17) is 21.4 Å². The van der Waals surface area contributed by atoms with Crippen molar-refractivity contribution in [3.8, 4) is 0 Å². The van der Waals surface area contributed by atoms with Gasteiger partial charge < -0.3 is 9.84 Å². The minimum Gasteiger partial charge on any atom is -0.435 e. The average molecular weight is 264 g/mol. The molecule has 0 radical (unpaired) electrons. The van der Waals surface area contributed by atoms with E-state index in [-0.39, 0.29) is 17.3 Å². The molecule has 17 heavy (non-hydrogen) atoms. The van der Waals surface area contributed by atoms with Gasteiger partial charge in [0.2, 0.25) is 5.28 Å². The molecule has 1 aromatic heterocycles. The summed E-state index contributed by atoms with van der Waals surface area (Å²) >= 11 is 5.92. The lowest BCUT2D eigenvalue weighted by molar-refractivity contribution is 0.154. The first-order valence-electron chi connectivity index (χ1n) is 4.99. The Bertz CT molecular complexity index is 418. The third kappa shape index (κ3) is 2.74. The van der Waals surface area contributed by atoms with Crippen molar-refractivity contribution < 1.29 is 14.6 Å². The predicted molar refractivity (Wildman–Crippen MR) is 63.3 cm³/mol. The predicted octanol–water partition coefficient (Wildman–Crippen LogP) is 1.38. The first kappa shape index (κ1) is 13.9. The molecule has 0 saturated carbocycles. The number of hydrogen-bond donors (Lipinski definition) is 1. The van der Waals surface area contributed by atoms with Gasteiger partial charge in [-0.2, -0.15) is 9.28 Å². The lowest BCUT2D eigenvalue weighted by Gasteiger charge is -2.17. The van der Waals surface area contributed by atoms with E-state index in [0.717, 1.165) is 0 Å². The van der Waals surface area contributed by atoms with Crippen LogP contribution in [0.4, 0.5) is 10.7 Å². The summed E-state index contributed by atoms with van der Waals surface area (Å²) in [6.45, 7) is 2.28. The number of ether oxygens (including phenoxy) is 1. The van der Waals surface area contributed by atoms with Gasteiger partial charge in [0, 0.05) is 7.11 Å². The number of nitrogens with zero attached hydrogens (tertiary/aromatic N) is 4. The van der Waals surface area contributed by atoms with Gasteiger partial charge >= 0.3 is 12.0 Å². The minimum atomic E-state index is -1.06. The Kier molecular flexibility index (Phi) is 4.07. The monoisotopic (exact) mass is 263 g/mol. The molecular formula is C9H16ClN4O3+. The second-order valence-corrected chi connectivity index (χ2v) is 4.50. The zero-order valence-corrected chi connectivity index (χ0v) is 11.0. The van der Waals surface area contributed by atoms with Crippen molar-refractivity contribution in [1.82, 2.24) is 19.2 Å². The van der Waals surface area contributed by atoms with Crippen LogP contribution in [0.15, 0.2) is 0 Å². The standard InChI is InChI=1S/C9H15ClN4O3/c1-6(5-17-4)13-7(10)11-8(12-13)14(2,3)9(15)16/h6H,5H2,1-4H3/p+1. The molecule has 1 atom stereocenters. The van der Waals surface area contributed by atoms with Crippen LogP contribution in [-0.4, -0.2) is 53.8 Å². The number of rotatable bonds is 4. The van der Waals surface area contributed by atoms with Gasteiger partial charge in [-0.15, -0.1) is 4.98 Å². The van der Waals surface area contributed by atoms with Crippen LogP contribution in [0.25, 0.3) is 0 Å². The highest BCUT2D eigenvalue weighted by Crippen LogP contribution is 2.20. The maximum Gasteiger partial charge on any atom is 0.521 e. The smallest absolute Gasteiger partial charge is 0.435 e. The minimum absolute atomic E-state index is 0.109. The van der Waals surface area contributed by atoms with Gasteiger partial charge in [0.25, 0.3) is 0 Å². The number of carboxylic acid groups (broad SMARTS) is 1. The fourth-order valence-corrected chi connectivity index (χ4v) is 1.49. The SMILES string of the molecule is COCC(C)n1nc([N+](C)(C)C(=O)O)nc1Cl. The second-order valence-electron chi connectivity index (χ2n) is 4.17. The summed E-state index contributed by atoms with van der Waals surface area (Å²) in [6.07, 6.45) is -1.06. The molecule has 96 valence electrons. The van der Waals surface area contributed by atoms with Crippen molar-refractivity contribution in [2.75, 3.05) is 27.8 Å². The molecule has 1 amide bonds. The molecule has 1 unspecified atom stereocenters. The van der Waals surface area contributed by atoms with Crippen LogP contribution in [0.1, 0.15) is 13.0 Å². The summed E-state index contributed by atoms with van der Waals surface area (Å²) in [5.74, 6) is 0.130. The first-order valence-corrected chi connectivity index (χ1v) is 5.37. The van der Waals surface area contributed by atoms with E-state index in [1.54, 1.807) is 7.11 Å². The molecule has 0 aliphatic rings. The molecule has 7 nitrogen and oxygen atoms in total. The number of quaternary nitrogens is 1. The molecule has 1 rings (SSSR count). The normalized spacial score (nSPS) is 13.7.